The Morgan fingerprint density at radius 3 is 2.57 bits per heavy atom. The molecule has 21 heavy (non-hydrogen) atoms. The van der Waals surface area contributed by atoms with Gasteiger partial charge in [0.25, 0.3) is 0 Å². The topological polar surface area (TPSA) is 64.4 Å². The van der Waals surface area contributed by atoms with E-state index in [1.165, 1.54) is 23.2 Å². The van der Waals surface area contributed by atoms with E-state index in [-0.39, 0.29) is 4.90 Å². The van der Waals surface area contributed by atoms with Crippen molar-refractivity contribution in [3.05, 3.63) is 29.3 Å². The molecule has 0 spiro atoms. The number of nitriles is 1. The van der Waals surface area contributed by atoms with Crippen LogP contribution in [0.2, 0.25) is 0 Å². The molecule has 2 rings (SSSR count). The maximum atomic E-state index is 12.5. The number of sulfonamides is 1. The van der Waals surface area contributed by atoms with E-state index in [0.29, 0.717) is 17.7 Å². The fraction of sp³-hybridized carbons (Fsp3) is 0.533. The first-order chi connectivity index (χ1) is 9.95. The van der Waals surface area contributed by atoms with Crippen LogP contribution < -0.4 is 0 Å². The van der Waals surface area contributed by atoms with Gasteiger partial charge in [0.05, 0.1) is 16.5 Å². The molecule has 0 atom stereocenters. The van der Waals surface area contributed by atoms with E-state index in [9.17, 15) is 8.42 Å². The Hall–Kier alpha value is -1.42. The lowest BCUT2D eigenvalue weighted by molar-refractivity contribution is 0.310. The summed E-state index contributed by atoms with van der Waals surface area (Å²) in [6, 6.07) is 6.69. The zero-order valence-corrected chi connectivity index (χ0v) is 13.4. The van der Waals surface area contributed by atoms with Crippen LogP contribution in [0.5, 0.6) is 0 Å². The molecule has 1 aromatic rings. The molecule has 0 amide bonds. The molecule has 0 unspecified atom stereocenters. The van der Waals surface area contributed by atoms with Gasteiger partial charge in [-0.15, -0.1) is 0 Å². The van der Waals surface area contributed by atoms with Gasteiger partial charge in [-0.2, -0.15) is 9.57 Å². The molecule has 1 aliphatic rings. The van der Waals surface area contributed by atoms with Gasteiger partial charge in [-0.3, -0.25) is 0 Å². The second-order valence-corrected chi connectivity index (χ2v) is 7.51. The van der Waals surface area contributed by atoms with E-state index < -0.39 is 10.0 Å². The first-order valence-electron chi connectivity index (χ1n) is 7.14. The van der Waals surface area contributed by atoms with Crippen molar-refractivity contribution < 1.29 is 8.42 Å². The molecule has 114 valence electrons. The molecule has 0 radical (unpaired) electrons. The number of likely N-dealkylation sites (tertiary alicyclic amines) is 1. The Kier molecular flexibility index (Phi) is 4.99. The standard InChI is InChI=1S/C15H21N3O2S/c1-13-11-15(6-5-14(13)12-16)21(19,20)17(2)9-10-18-7-3-4-8-18/h5-6,11H,3-4,7-10H2,1-2H3. The van der Waals surface area contributed by atoms with E-state index >= 15 is 0 Å². The van der Waals surface area contributed by atoms with Crippen LogP contribution in [0.1, 0.15) is 24.0 Å². The summed E-state index contributed by atoms with van der Waals surface area (Å²) in [4.78, 5) is 2.54. The van der Waals surface area contributed by atoms with Gasteiger partial charge in [0.15, 0.2) is 0 Å². The predicted octanol–water partition coefficient (Wildman–Crippen LogP) is 1.58. The van der Waals surface area contributed by atoms with Crippen LogP contribution in [0.4, 0.5) is 0 Å². The number of aryl methyl sites for hydroxylation is 1. The zero-order valence-electron chi connectivity index (χ0n) is 12.5. The fourth-order valence-corrected chi connectivity index (χ4v) is 3.76. The van der Waals surface area contributed by atoms with Gasteiger partial charge < -0.3 is 4.90 Å². The van der Waals surface area contributed by atoms with Gasteiger partial charge in [-0.05, 0) is 56.6 Å². The molecule has 0 saturated carbocycles. The summed E-state index contributed by atoms with van der Waals surface area (Å²) in [5.74, 6) is 0. The molecular weight excluding hydrogens is 286 g/mol. The average Bonchev–Trinajstić information content (AvgIpc) is 2.97. The summed E-state index contributed by atoms with van der Waals surface area (Å²) in [5.41, 5.74) is 1.19. The maximum Gasteiger partial charge on any atom is 0.242 e. The van der Waals surface area contributed by atoms with Gasteiger partial charge in [0.2, 0.25) is 10.0 Å². The van der Waals surface area contributed by atoms with Crippen molar-refractivity contribution in [2.75, 3.05) is 33.2 Å². The highest BCUT2D eigenvalue weighted by Crippen LogP contribution is 2.18. The molecule has 0 aromatic heterocycles. The minimum Gasteiger partial charge on any atom is -0.302 e. The molecule has 1 aromatic carbocycles. The van der Waals surface area contributed by atoms with Crippen molar-refractivity contribution >= 4 is 10.0 Å². The number of hydrogen-bond donors (Lipinski definition) is 0. The molecule has 1 fully saturated rings. The van der Waals surface area contributed by atoms with Crippen LogP contribution in [0.3, 0.4) is 0 Å². The quantitative estimate of drug-likeness (QED) is 0.828. The summed E-state index contributed by atoms with van der Waals surface area (Å²) >= 11 is 0. The summed E-state index contributed by atoms with van der Waals surface area (Å²) in [6.45, 7) is 5.13. The van der Waals surface area contributed by atoms with Gasteiger partial charge >= 0.3 is 0 Å². The summed E-state index contributed by atoms with van der Waals surface area (Å²) in [6.07, 6.45) is 2.40. The molecule has 1 saturated heterocycles. The number of rotatable bonds is 5. The highest BCUT2D eigenvalue weighted by atomic mass is 32.2. The maximum absolute atomic E-state index is 12.5. The van der Waals surface area contributed by atoms with Crippen molar-refractivity contribution in [2.24, 2.45) is 0 Å². The number of benzene rings is 1. The van der Waals surface area contributed by atoms with Crippen LogP contribution in [0.15, 0.2) is 23.1 Å². The van der Waals surface area contributed by atoms with Crippen molar-refractivity contribution in [3.8, 4) is 6.07 Å². The Labute approximate surface area is 126 Å². The second-order valence-electron chi connectivity index (χ2n) is 5.46. The Balaban J connectivity index is 2.09. The smallest absolute Gasteiger partial charge is 0.242 e. The highest BCUT2D eigenvalue weighted by Gasteiger charge is 2.22. The molecule has 6 heteroatoms. The van der Waals surface area contributed by atoms with Crippen LogP contribution >= 0.6 is 0 Å². The Morgan fingerprint density at radius 2 is 2.00 bits per heavy atom. The van der Waals surface area contributed by atoms with Gasteiger partial charge in [0.1, 0.15) is 0 Å². The summed E-state index contributed by atoms with van der Waals surface area (Å²) in [7, 11) is -1.87. The lowest BCUT2D eigenvalue weighted by atomic mass is 10.1. The first-order valence-corrected chi connectivity index (χ1v) is 8.58. The van der Waals surface area contributed by atoms with Gasteiger partial charge in [0, 0.05) is 20.1 Å². The molecule has 0 bridgehead atoms. The third-order valence-electron chi connectivity index (χ3n) is 3.96. The minimum atomic E-state index is -3.48. The molecular formula is C15H21N3O2S. The normalized spacial score (nSPS) is 16.3. The third kappa shape index (κ3) is 3.62. The molecule has 0 N–H and O–H groups in total. The van der Waals surface area contributed by atoms with Gasteiger partial charge in [-0.25, -0.2) is 8.42 Å². The first kappa shape index (κ1) is 16.0. The highest BCUT2D eigenvalue weighted by molar-refractivity contribution is 7.89. The van der Waals surface area contributed by atoms with Crippen molar-refractivity contribution in [3.63, 3.8) is 0 Å². The lowest BCUT2D eigenvalue weighted by Gasteiger charge is -2.21. The van der Waals surface area contributed by atoms with E-state index in [1.54, 1.807) is 26.1 Å². The Morgan fingerprint density at radius 1 is 1.33 bits per heavy atom. The summed E-state index contributed by atoms with van der Waals surface area (Å²) in [5, 5.41) is 8.91. The van der Waals surface area contributed by atoms with Crippen LogP contribution in [0, 0.1) is 18.3 Å². The second kappa shape index (κ2) is 6.56. The van der Waals surface area contributed by atoms with E-state index in [4.69, 9.17) is 5.26 Å². The van der Waals surface area contributed by atoms with Crippen LogP contribution in [-0.4, -0.2) is 50.8 Å². The van der Waals surface area contributed by atoms with Crippen molar-refractivity contribution in [2.45, 2.75) is 24.7 Å². The van der Waals surface area contributed by atoms with E-state index in [0.717, 1.165) is 19.6 Å². The van der Waals surface area contributed by atoms with Crippen LogP contribution in [0.25, 0.3) is 0 Å². The van der Waals surface area contributed by atoms with E-state index in [1.807, 2.05) is 0 Å². The van der Waals surface area contributed by atoms with Crippen molar-refractivity contribution in [1.29, 1.82) is 5.26 Å². The predicted molar refractivity (Wildman–Crippen MR) is 81.4 cm³/mol. The molecule has 1 heterocycles. The average molecular weight is 307 g/mol. The monoisotopic (exact) mass is 307 g/mol. The number of hydrogen-bond acceptors (Lipinski definition) is 4. The number of likely N-dealkylation sites (N-methyl/N-ethyl adjacent to an activating group) is 1. The third-order valence-corrected chi connectivity index (χ3v) is 5.81. The minimum absolute atomic E-state index is 0.253. The van der Waals surface area contributed by atoms with E-state index in [2.05, 4.69) is 11.0 Å². The van der Waals surface area contributed by atoms with Crippen molar-refractivity contribution in [1.82, 2.24) is 9.21 Å². The van der Waals surface area contributed by atoms with Gasteiger partial charge in [-0.1, -0.05) is 0 Å². The lowest BCUT2D eigenvalue weighted by Crippen LogP contribution is -2.35. The molecule has 5 nitrogen and oxygen atoms in total. The molecule has 1 aliphatic heterocycles. The number of nitrogens with zero attached hydrogens (tertiary/aromatic N) is 3. The fourth-order valence-electron chi connectivity index (χ4n) is 2.51. The zero-order chi connectivity index (χ0) is 15.5. The van der Waals surface area contributed by atoms with Crippen LogP contribution in [-0.2, 0) is 10.0 Å². The SMILES string of the molecule is Cc1cc(S(=O)(=O)N(C)CCN2CCCC2)ccc1C#N. The summed E-state index contributed by atoms with van der Waals surface area (Å²) < 4.78 is 26.4. The molecule has 0 aliphatic carbocycles. The largest absolute Gasteiger partial charge is 0.302 e. The Bertz CT molecular complexity index is 643.